The fraction of sp³-hybridized carbons (Fsp3) is 0. The van der Waals surface area contributed by atoms with E-state index in [1.807, 2.05) is 0 Å². The molecule has 0 saturated heterocycles. The van der Waals surface area contributed by atoms with Crippen LogP contribution >= 0.6 is 11.6 Å². The van der Waals surface area contributed by atoms with Crippen molar-refractivity contribution in [2.24, 2.45) is 0 Å². The second kappa shape index (κ2) is 6.27. The first-order valence-corrected chi connectivity index (χ1v) is 6.02. The minimum atomic E-state index is -1.22. The number of amides is 3. The van der Waals surface area contributed by atoms with Crippen LogP contribution in [0.25, 0.3) is 0 Å². The van der Waals surface area contributed by atoms with Gasteiger partial charge in [-0.2, -0.15) is 0 Å². The molecule has 0 bridgehead atoms. The maximum atomic E-state index is 13.5. The van der Waals surface area contributed by atoms with Crippen molar-refractivity contribution >= 4 is 29.2 Å². The largest absolute Gasteiger partial charge is 0.326 e. The van der Waals surface area contributed by atoms with Gasteiger partial charge in [-0.3, -0.25) is 15.1 Å². The van der Waals surface area contributed by atoms with Crippen molar-refractivity contribution in [1.29, 1.82) is 0 Å². The summed E-state index contributed by atoms with van der Waals surface area (Å²) in [6.07, 6.45) is 2.83. The Morgan fingerprint density at radius 3 is 2.43 bits per heavy atom. The molecule has 0 saturated carbocycles. The van der Waals surface area contributed by atoms with Crippen LogP contribution in [0.5, 0.6) is 0 Å². The van der Waals surface area contributed by atoms with E-state index < -0.39 is 29.1 Å². The van der Waals surface area contributed by atoms with Gasteiger partial charge in [-0.05, 0) is 24.3 Å². The van der Waals surface area contributed by atoms with Gasteiger partial charge < -0.3 is 5.32 Å². The Morgan fingerprint density at radius 1 is 1.19 bits per heavy atom. The van der Waals surface area contributed by atoms with Gasteiger partial charge >= 0.3 is 6.03 Å². The summed E-state index contributed by atoms with van der Waals surface area (Å²) in [6.45, 7) is 0. The average Bonchev–Trinajstić information content (AvgIpc) is 2.38. The second-order valence-electron chi connectivity index (χ2n) is 3.89. The van der Waals surface area contributed by atoms with Gasteiger partial charge in [0.05, 0.1) is 11.9 Å². The number of nitrogens with one attached hydrogen (secondary N) is 2. The van der Waals surface area contributed by atoms with Gasteiger partial charge in [0.15, 0.2) is 0 Å². The summed E-state index contributed by atoms with van der Waals surface area (Å²) >= 11 is 5.44. The number of hydrogen-bond acceptors (Lipinski definition) is 3. The van der Waals surface area contributed by atoms with Gasteiger partial charge in [0.25, 0.3) is 5.91 Å². The highest BCUT2D eigenvalue weighted by Crippen LogP contribution is 2.18. The molecule has 2 rings (SSSR count). The quantitative estimate of drug-likeness (QED) is 0.895. The number of imide groups is 1. The number of urea groups is 1. The fourth-order valence-electron chi connectivity index (χ4n) is 1.52. The van der Waals surface area contributed by atoms with Crippen molar-refractivity contribution in [3.05, 3.63) is 58.9 Å². The van der Waals surface area contributed by atoms with Gasteiger partial charge in [0, 0.05) is 11.2 Å². The number of nitrogens with zero attached hydrogens (tertiary/aromatic N) is 1. The number of carbonyl (C=O) groups excluding carboxylic acids is 2. The van der Waals surface area contributed by atoms with Crippen LogP contribution in [0, 0.1) is 11.6 Å². The van der Waals surface area contributed by atoms with Crippen molar-refractivity contribution < 1.29 is 18.4 Å². The predicted molar refractivity (Wildman–Crippen MR) is 72.1 cm³/mol. The number of anilines is 1. The Kier molecular flexibility index (Phi) is 4.44. The fourth-order valence-corrected chi connectivity index (χ4v) is 1.72. The summed E-state index contributed by atoms with van der Waals surface area (Å²) in [7, 11) is 0. The van der Waals surface area contributed by atoms with E-state index in [2.05, 4.69) is 10.3 Å². The van der Waals surface area contributed by atoms with Crippen molar-refractivity contribution in [2.45, 2.75) is 0 Å². The van der Waals surface area contributed by atoms with Gasteiger partial charge in [-0.25, -0.2) is 13.6 Å². The molecule has 2 aromatic rings. The zero-order valence-electron chi connectivity index (χ0n) is 10.4. The summed E-state index contributed by atoms with van der Waals surface area (Å²) in [4.78, 5) is 27.0. The van der Waals surface area contributed by atoms with Crippen LogP contribution in [-0.2, 0) is 0 Å². The molecule has 0 unspecified atom stereocenters. The first-order valence-electron chi connectivity index (χ1n) is 5.64. The van der Waals surface area contributed by atoms with Crippen LogP contribution in [0.2, 0.25) is 5.02 Å². The van der Waals surface area contributed by atoms with Crippen LogP contribution < -0.4 is 10.6 Å². The van der Waals surface area contributed by atoms with Crippen molar-refractivity contribution in [3.8, 4) is 0 Å². The van der Waals surface area contributed by atoms with E-state index in [4.69, 9.17) is 11.6 Å². The van der Waals surface area contributed by atoms with Crippen molar-refractivity contribution in [2.75, 3.05) is 5.32 Å². The molecule has 1 aromatic heterocycles. The first-order chi connectivity index (χ1) is 9.97. The molecule has 0 aliphatic carbocycles. The normalized spacial score (nSPS) is 10.0. The molecule has 108 valence electrons. The van der Waals surface area contributed by atoms with Crippen LogP contribution in [0.3, 0.4) is 0 Å². The molecule has 0 aliphatic rings. The van der Waals surface area contributed by atoms with Gasteiger partial charge in [0.1, 0.15) is 17.2 Å². The number of carbonyl (C=O) groups is 2. The van der Waals surface area contributed by atoms with E-state index in [0.717, 1.165) is 12.1 Å². The van der Waals surface area contributed by atoms with Crippen molar-refractivity contribution in [1.82, 2.24) is 10.3 Å². The van der Waals surface area contributed by atoms with Crippen LogP contribution in [0.15, 0.2) is 36.7 Å². The molecule has 1 heterocycles. The molecular formula is C13H8ClF2N3O2. The van der Waals surface area contributed by atoms with Crippen LogP contribution in [-0.4, -0.2) is 16.9 Å². The molecule has 1 aromatic carbocycles. The van der Waals surface area contributed by atoms with E-state index >= 15 is 0 Å². The number of benzene rings is 1. The minimum Gasteiger partial charge on any atom is -0.306 e. The predicted octanol–water partition coefficient (Wildman–Crippen LogP) is 2.98. The van der Waals surface area contributed by atoms with E-state index in [0.29, 0.717) is 5.69 Å². The number of aromatic nitrogens is 1. The maximum Gasteiger partial charge on any atom is 0.326 e. The summed E-state index contributed by atoms with van der Waals surface area (Å²) in [5.74, 6) is -3.54. The molecule has 0 aliphatic heterocycles. The third kappa shape index (κ3) is 3.73. The topological polar surface area (TPSA) is 71.1 Å². The van der Waals surface area contributed by atoms with E-state index in [1.165, 1.54) is 18.5 Å². The Morgan fingerprint density at radius 2 is 1.86 bits per heavy atom. The maximum absolute atomic E-state index is 13.5. The highest BCUT2D eigenvalue weighted by Gasteiger charge is 2.20. The number of halogens is 3. The molecule has 0 atom stereocenters. The second-order valence-corrected chi connectivity index (χ2v) is 4.33. The van der Waals surface area contributed by atoms with E-state index in [1.54, 1.807) is 11.4 Å². The first kappa shape index (κ1) is 14.9. The Labute approximate surface area is 122 Å². The third-order valence-corrected chi connectivity index (χ3v) is 2.60. The summed E-state index contributed by atoms with van der Waals surface area (Å²) in [5.41, 5.74) is -0.569. The molecule has 5 nitrogen and oxygen atoms in total. The lowest BCUT2D eigenvalue weighted by atomic mass is 10.2. The molecule has 0 fully saturated rings. The summed E-state index contributed by atoms with van der Waals surface area (Å²) < 4.78 is 27.0. The van der Waals surface area contributed by atoms with Crippen molar-refractivity contribution in [3.63, 3.8) is 0 Å². The number of pyridine rings is 1. The summed E-state index contributed by atoms with van der Waals surface area (Å²) in [6, 6.07) is 3.70. The molecular weight excluding hydrogens is 304 g/mol. The Hall–Kier alpha value is -2.54. The third-order valence-electron chi connectivity index (χ3n) is 2.38. The average molecular weight is 312 g/mol. The lowest BCUT2D eigenvalue weighted by molar-refractivity contribution is 0.0959. The van der Waals surface area contributed by atoms with Gasteiger partial charge in [0.2, 0.25) is 0 Å². The highest BCUT2D eigenvalue weighted by molar-refractivity contribution is 6.30. The van der Waals surface area contributed by atoms with Crippen LogP contribution in [0.4, 0.5) is 19.3 Å². The molecule has 3 amide bonds. The van der Waals surface area contributed by atoms with E-state index in [-0.39, 0.29) is 5.02 Å². The van der Waals surface area contributed by atoms with E-state index in [9.17, 15) is 18.4 Å². The summed E-state index contributed by atoms with van der Waals surface area (Å²) in [5, 5.41) is 3.90. The Balaban J connectivity index is 2.10. The smallest absolute Gasteiger partial charge is 0.306 e. The van der Waals surface area contributed by atoms with Gasteiger partial charge in [-0.15, -0.1) is 0 Å². The number of hydrogen-bond donors (Lipinski definition) is 2. The molecule has 8 heteroatoms. The van der Waals surface area contributed by atoms with Crippen LogP contribution in [0.1, 0.15) is 10.4 Å². The standard InChI is InChI=1S/C13H8ClF2N3O2/c14-7-4-9(15)11(10(16)5-7)12(20)19-13(21)18-8-2-1-3-17-6-8/h1-6H,(H2,18,19,20,21). The van der Waals surface area contributed by atoms with Gasteiger partial charge in [-0.1, -0.05) is 11.6 Å². The molecule has 0 spiro atoms. The molecule has 0 radical (unpaired) electrons. The zero-order valence-corrected chi connectivity index (χ0v) is 11.1. The zero-order chi connectivity index (χ0) is 15.4. The monoisotopic (exact) mass is 311 g/mol. The number of rotatable bonds is 2. The molecule has 2 N–H and O–H groups in total. The Bertz CT molecular complexity index is 672. The highest BCUT2D eigenvalue weighted by atomic mass is 35.5. The lowest BCUT2D eigenvalue weighted by Crippen LogP contribution is -2.35. The lowest BCUT2D eigenvalue weighted by Gasteiger charge is -2.08. The molecule has 21 heavy (non-hydrogen) atoms. The minimum absolute atomic E-state index is 0.193. The SMILES string of the molecule is O=C(NC(=O)c1c(F)cc(Cl)cc1F)Nc1cccnc1.